The summed E-state index contributed by atoms with van der Waals surface area (Å²) < 4.78 is 5.08. The quantitative estimate of drug-likeness (QED) is 0.239. The molecule has 1 aliphatic rings. The van der Waals surface area contributed by atoms with Crippen molar-refractivity contribution >= 4 is 41.3 Å². The first-order valence-corrected chi connectivity index (χ1v) is 10.3. The van der Waals surface area contributed by atoms with Gasteiger partial charge in [0.05, 0.1) is 17.3 Å². The molecule has 2 N–H and O–H groups in total. The van der Waals surface area contributed by atoms with Crippen molar-refractivity contribution in [2.75, 3.05) is 46.4 Å². The second-order valence-electron chi connectivity index (χ2n) is 6.44. The van der Waals surface area contributed by atoms with Crippen molar-refractivity contribution in [1.29, 1.82) is 0 Å². The number of thiazole rings is 1. The molecule has 0 saturated carbocycles. The Kier molecular flexibility index (Phi) is 12.4. The number of methoxy groups -OCH3 is 1. The van der Waals surface area contributed by atoms with Crippen molar-refractivity contribution in [1.82, 2.24) is 20.5 Å². The summed E-state index contributed by atoms with van der Waals surface area (Å²) in [5.74, 6) is 1.58. The molecule has 0 atom stereocenters. The molecule has 0 spiro atoms. The molecule has 1 aromatic heterocycles. The molecule has 0 aliphatic carbocycles. The van der Waals surface area contributed by atoms with E-state index in [4.69, 9.17) is 9.73 Å². The zero-order valence-electron chi connectivity index (χ0n) is 16.3. The van der Waals surface area contributed by atoms with E-state index in [-0.39, 0.29) is 24.0 Å². The summed E-state index contributed by atoms with van der Waals surface area (Å²) in [6.07, 6.45) is 3.47. The van der Waals surface area contributed by atoms with E-state index in [1.54, 1.807) is 18.4 Å². The molecule has 0 unspecified atom stereocenters. The molecule has 1 saturated heterocycles. The third-order valence-corrected chi connectivity index (χ3v) is 5.49. The van der Waals surface area contributed by atoms with Crippen molar-refractivity contribution in [3.63, 3.8) is 0 Å². The number of nitrogens with zero attached hydrogens (tertiary/aromatic N) is 3. The van der Waals surface area contributed by atoms with Crippen LogP contribution in [-0.4, -0.2) is 62.3 Å². The molecule has 0 bridgehead atoms. The highest BCUT2D eigenvalue weighted by atomic mass is 127. The van der Waals surface area contributed by atoms with Gasteiger partial charge in [0.2, 0.25) is 0 Å². The molecule has 150 valence electrons. The molecule has 2 heterocycles. The lowest BCUT2D eigenvalue weighted by atomic mass is 9.97. The molecule has 1 aromatic rings. The van der Waals surface area contributed by atoms with Crippen LogP contribution in [0.3, 0.4) is 0 Å². The fraction of sp³-hybridized carbons (Fsp3) is 0.778. The Balaban J connectivity index is 0.00000338. The molecular formula is C18H34IN5OS. The van der Waals surface area contributed by atoms with Crippen LogP contribution in [0.25, 0.3) is 0 Å². The molecule has 1 fully saturated rings. The minimum absolute atomic E-state index is 0. The van der Waals surface area contributed by atoms with E-state index in [1.807, 2.05) is 0 Å². The van der Waals surface area contributed by atoms with Gasteiger partial charge in [0.1, 0.15) is 0 Å². The lowest BCUT2D eigenvalue weighted by Crippen LogP contribution is -2.40. The Morgan fingerprint density at radius 1 is 1.35 bits per heavy atom. The SMILES string of the molecule is CCNC(=NCC1CCN(Cc2csc(CC)n2)CC1)NCCOC.I. The highest BCUT2D eigenvalue weighted by Gasteiger charge is 2.19. The summed E-state index contributed by atoms with van der Waals surface area (Å²) in [5.41, 5.74) is 1.23. The van der Waals surface area contributed by atoms with Crippen LogP contribution in [0.2, 0.25) is 0 Å². The third kappa shape index (κ3) is 8.49. The van der Waals surface area contributed by atoms with Crippen LogP contribution in [0.4, 0.5) is 0 Å². The normalized spacial score (nSPS) is 16.3. The molecule has 8 heteroatoms. The highest BCUT2D eigenvalue weighted by Crippen LogP contribution is 2.20. The van der Waals surface area contributed by atoms with Crippen molar-refractivity contribution in [2.45, 2.75) is 39.7 Å². The molecule has 6 nitrogen and oxygen atoms in total. The van der Waals surface area contributed by atoms with E-state index in [9.17, 15) is 0 Å². The van der Waals surface area contributed by atoms with Gasteiger partial charge in [0.15, 0.2) is 5.96 Å². The maximum absolute atomic E-state index is 5.08. The topological polar surface area (TPSA) is 61.8 Å². The van der Waals surface area contributed by atoms with Crippen molar-refractivity contribution in [3.05, 3.63) is 16.1 Å². The van der Waals surface area contributed by atoms with Gasteiger partial charge in [-0.05, 0) is 45.2 Å². The number of aromatic nitrogens is 1. The molecule has 0 aromatic carbocycles. The average molecular weight is 495 g/mol. The number of ether oxygens (including phenoxy) is 1. The number of rotatable bonds is 9. The second-order valence-corrected chi connectivity index (χ2v) is 7.39. The molecule has 1 aliphatic heterocycles. The van der Waals surface area contributed by atoms with Crippen LogP contribution in [0.5, 0.6) is 0 Å². The van der Waals surface area contributed by atoms with Crippen LogP contribution < -0.4 is 10.6 Å². The van der Waals surface area contributed by atoms with Crippen LogP contribution in [0.1, 0.15) is 37.4 Å². The summed E-state index contributed by atoms with van der Waals surface area (Å²) in [6.45, 7) is 10.8. The molecule has 2 rings (SSSR count). The minimum atomic E-state index is 0. The van der Waals surface area contributed by atoms with Crippen molar-refractivity contribution in [2.24, 2.45) is 10.9 Å². The Labute approximate surface area is 179 Å². The van der Waals surface area contributed by atoms with E-state index in [0.29, 0.717) is 12.5 Å². The predicted octanol–water partition coefficient (Wildman–Crippen LogP) is 2.74. The summed E-state index contributed by atoms with van der Waals surface area (Å²) in [4.78, 5) is 12.0. The fourth-order valence-corrected chi connectivity index (χ4v) is 3.71. The zero-order valence-corrected chi connectivity index (χ0v) is 19.4. The van der Waals surface area contributed by atoms with E-state index >= 15 is 0 Å². The van der Waals surface area contributed by atoms with Crippen molar-refractivity contribution in [3.8, 4) is 0 Å². The number of piperidine rings is 1. The monoisotopic (exact) mass is 495 g/mol. The standard InChI is InChI=1S/C18H33N5OS.HI/c1-4-17-22-16(14-25-17)13-23-9-6-15(7-10-23)12-21-18(19-5-2)20-8-11-24-3;/h14-15H,4-13H2,1-3H3,(H2,19,20,21);1H. The molecular weight excluding hydrogens is 461 g/mol. The van der Waals surface area contributed by atoms with E-state index in [0.717, 1.165) is 51.6 Å². The fourth-order valence-electron chi connectivity index (χ4n) is 2.97. The van der Waals surface area contributed by atoms with Gasteiger partial charge < -0.3 is 15.4 Å². The van der Waals surface area contributed by atoms with Crippen LogP contribution >= 0.6 is 35.3 Å². The maximum Gasteiger partial charge on any atom is 0.191 e. The number of hydrogen-bond donors (Lipinski definition) is 2. The average Bonchev–Trinajstić information content (AvgIpc) is 3.08. The van der Waals surface area contributed by atoms with Crippen LogP contribution in [0.15, 0.2) is 10.4 Å². The summed E-state index contributed by atoms with van der Waals surface area (Å²) in [6, 6.07) is 0. The van der Waals surface area contributed by atoms with Gasteiger partial charge in [0.25, 0.3) is 0 Å². The first-order chi connectivity index (χ1) is 12.2. The predicted molar refractivity (Wildman–Crippen MR) is 121 cm³/mol. The number of halogens is 1. The molecule has 26 heavy (non-hydrogen) atoms. The van der Waals surface area contributed by atoms with Gasteiger partial charge in [-0.15, -0.1) is 35.3 Å². The molecule has 0 amide bonds. The molecule has 0 radical (unpaired) electrons. The van der Waals surface area contributed by atoms with Gasteiger partial charge in [-0.1, -0.05) is 6.92 Å². The summed E-state index contributed by atoms with van der Waals surface area (Å²) >= 11 is 1.78. The lowest BCUT2D eigenvalue weighted by Gasteiger charge is -2.30. The number of aliphatic imine (C=N–C) groups is 1. The van der Waals surface area contributed by atoms with E-state index in [2.05, 4.69) is 39.7 Å². The van der Waals surface area contributed by atoms with Gasteiger partial charge in [-0.25, -0.2) is 4.98 Å². The second kappa shape index (κ2) is 13.7. The largest absolute Gasteiger partial charge is 0.383 e. The highest BCUT2D eigenvalue weighted by molar-refractivity contribution is 14.0. The van der Waals surface area contributed by atoms with Crippen LogP contribution in [0, 0.1) is 5.92 Å². The maximum atomic E-state index is 5.08. The number of hydrogen-bond acceptors (Lipinski definition) is 5. The number of nitrogens with one attached hydrogen (secondary N) is 2. The third-order valence-electron chi connectivity index (χ3n) is 4.44. The van der Waals surface area contributed by atoms with Gasteiger partial charge >= 0.3 is 0 Å². The lowest BCUT2D eigenvalue weighted by molar-refractivity contribution is 0.179. The number of likely N-dealkylation sites (tertiary alicyclic amines) is 1. The number of aryl methyl sites for hydroxylation is 1. The first-order valence-electron chi connectivity index (χ1n) is 9.41. The van der Waals surface area contributed by atoms with Gasteiger partial charge in [-0.3, -0.25) is 9.89 Å². The Bertz CT molecular complexity index is 517. The smallest absolute Gasteiger partial charge is 0.191 e. The van der Waals surface area contributed by atoms with E-state index in [1.165, 1.54) is 23.5 Å². The van der Waals surface area contributed by atoms with Gasteiger partial charge in [0, 0.05) is 38.7 Å². The van der Waals surface area contributed by atoms with Gasteiger partial charge in [-0.2, -0.15) is 0 Å². The summed E-state index contributed by atoms with van der Waals surface area (Å²) in [5, 5.41) is 10.1. The Morgan fingerprint density at radius 3 is 2.73 bits per heavy atom. The van der Waals surface area contributed by atoms with E-state index < -0.39 is 0 Å². The number of guanidine groups is 1. The Hall–Kier alpha value is -0.450. The first kappa shape index (κ1) is 23.6. The van der Waals surface area contributed by atoms with Crippen molar-refractivity contribution < 1.29 is 4.74 Å². The minimum Gasteiger partial charge on any atom is -0.383 e. The van der Waals surface area contributed by atoms with Crippen LogP contribution in [-0.2, 0) is 17.7 Å². The zero-order chi connectivity index (χ0) is 17.9. The summed E-state index contributed by atoms with van der Waals surface area (Å²) in [7, 11) is 1.72. The Morgan fingerprint density at radius 2 is 2.12 bits per heavy atom.